The first-order valence-electron chi connectivity index (χ1n) is 12.6. The van der Waals surface area contributed by atoms with Crippen molar-refractivity contribution in [1.29, 1.82) is 0 Å². The van der Waals surface area contributed by atoms with Crippen LogP contribution in [0.15, 0.2) is 47.1 Å². The molecule has 0 unspecified atom stereocenters. The van der Waals surface area contributed by atoms with E-state index in [0.717, 1.165) is 44.9 Å². The molecule has 4 heterocycles. The van der Waals surface area contributed by atoms with Crippen LogP contribution in [-0.4, -0.2) is 62.8 Å². The molecule has 2 aromatic carbocycles. The third kappa shape index (κ3) is 3.92. The molecule has 0 spiro atoms. The molecular weight excluding hydrogens is 487 g/mol. The lowest BCUT2D eigenvalue weighted by Crippen LogP contribution is -2.45. The van der Waals surface area contributed by atoms with Crippen LogP contribution < -0.4 is 10.5 Å². The number of nitrogens with two attached hydrogens (primary N) is 1. The minimum Gasteiger partial charge on any atom is -0.495 e. The number of nitrogens with zero attached hydrogens (tertiary/aromatic N) is 5. The van der Waals surface area contributed by atoms with Crippen LogP contribution in [-0.2, 0) is 20.0 Å². The average Bonchev–Trinajstić information content (AvgIpc) is 3.60. The Morgan fingerprint density at radius 2 is 2.08 bits per heavy atom. The van der Waals surface area contributed by atoms with Crippen LogP contribution in [0.4, 0.5) is 4.39 Å². The molecule has 1 aliphatic heterocycles. The average molecular weight is 517 g/mol. The minimum atomic E-state index is -0.683. The molecular formula is C28H29FN6O3. The summed E-state index contributed by atoms with van der Waals surface area (Å²) in [6.07, 6.45) is 2.32. The first-order chi connectivity index (χ1) is 18.4. The van der Waals surface area contributed by atoms with Crippen molar-refractivity contribution in [2.75, 3.05) is 26.9 Å². The van der Waals surface area contributed by atoms with Gasteiger partial charge in [-0.05, 0) is 43.2 Å². The maximum absolute atomic E-state index is 13.2. The van der Waals surface area contributed by atoms with Crippen molar-refractivity contribution in [1.82, 2.24) is 24.0 Å². The first kappa shape index (κ1) is 24.2. The fourth-order valence-corrected chi connectivity index (χ4v) is 5.36. The summed E-state index contributed by atoms with van der Waals surface area (Å²) in [5, 5.41) is 1.00. The molecule has 2 N–H and O–H groups in total. The quantitative estimate of drug-likeness (QED) is 0.353. The lowest BCUT2D eigenvalue weighted by molar-refractivity contribution is 0.0725. The fraction of sp³-hybridized carbons (Fsp3) is 0.321. The molecule has 0 saturated heterocycles. The molecule has 3 aromatic heterocycles. The Kier molecular flexibility index (Phi) is 5.91. The van der Waals surface area contributed by atoms with Gasteiger partial charge in [0.25, 0.3) is 5.91 Å². The van der Waals surface area contributed by atoms with E-state index in [4.69, 9.17) is 19.9 Å². The van der Waals surface area contributed by atoms with E-state index in [1.807, 2.05) is 48.9 Å². The minimum absolute atomic E-state index is 0.137. The van der Waals surface area contributed by atoms with E-state index >= 15 is 0 Å². The highest BCUT2D eigenvalue weighted by molar-refractivity contribution is 6.01. The summed E-state index contributed by atoms with van der Waals surface area (Å²) >= 11 is 0. The maximum atomic E-state index is 13.2. The summed E-state index contributed by atoms with van der Waals surface area (Å²) < 4.78 is 28.5. The zero-order valence-corrected chi connectivity index (χ0v) is 21.6. The number of hydrogen-bond acceptors (Lipinski definition) is 6. The van der Waals surface area contributed by atoms with Gasteiger partial charge in [-0.3, -0.25) is 4.79 Å². The summed E-state index contributed by atoms with van der Waals surface area (Å²) in [7, 11) is 3.63. The molecule has 0 fully saturated rings. The molecule has 6 rings (SSSR count). The second-order valence-corrected chi connectivity index (χ2v) is 9.80. The van der Waals surface area contributed by atoms with Gasteiger partial charge >= 0.3 is 0 Å². The molecule has 1 aliphatic rings. The summed E-state index contributed by atoms with van der Waals surface area (Å²) in [4.78, 5) is 24.3. The van der Waals surface area contributed by atoms with Gasteiger partial charge in [-0.1, -0.05) is 12.1 Å². The highest BCUT2D eigenvalue weighted by atomic mass is 19.1. The van der Waals surface area contributed by atoms with Crippen LogP contribution in [0.25, 0.3) is 33.5 Å². The van der Waals surface area contributed by atoms with E-state index in [9.17, 15) is 9.18 Å². The van der Waals surface area contributed by atoms with E-state index in [-0.39, 0.29) is 12.5 Å². The summed E-state index contributed by atoms with van der Waals surface area (Å²) in [5.74, 6) is 1.93. The Bertz CT molecular complexity index is 1680. The SMILES string of the molecule is COc1cccc2cc(-c3nc4cc5c(cc4n3C)CCN(C[C@H](N)CF)C5=O)n(Cc3nc(C)co3)c12. The zero-order valence-electron chi connectivity index (χ0n) is 21.6. The van der Waals surface area contributed by atoms with Crippen molar-refractivity contribution in [2.45, 2.75) is 25.9 Å². The van der Waals surface area contributed by atoms with Gasteiger partial charge in [-0.2, -0.15) is 0 Å². The molecule has 10 heteroatoms. The largest absolute Gasteiger partial charge is 0.495 e. The number of imidazole rings is 1. The van der Waals surface area contributed by atoms with E-state index in [0.29, 0.717) is 36.5 Å². The number of aromatic nitrogens is 4. The molecule has 38 heavy (non-hydrogen) atoms. The third-order valence-electron chi connectivity index (χ3n) is 7.22. The predicted octanol–water partition coefficient (Wildman–Crippen LogP) is 3.84. The van der Waals surface area contributed by atoms with Crippen molar-refractivity contribution in [3.63, 3.8) is 0 Å². The summed E-state index contributed by atoms with van der Waals surface area (Å²) in [6, 6.07) is 11.2. The number of aryl methyl sites for hydroxylation is 2. The third-order valence-corrected chi connectivity index (χ3v) is 7.22. The van der Waals surface area contributed by atoms with Gasteiger partial charge in [-0.25, -0.2) is 14.4 Å². The number of fused-ring (bicyclic) bond motifs is 3. The Hall–Kier alpha value is -4.18. The maximum Gasteiger partial charge on any atom is 0.254 e. The normalized spacial score (nSPS) is 14.4. The van der Waals surface area contributed by atoms with Crippen molar-refractivity contribution in [3.8, 4) is 17.3 Å². The van der Waals surface area contributed by atoms with Gasteiger partial charge < -0.3 is 28.9 Å². The number of amides is 1. The van der Waals surface area contributed by atoms with Gasteiger partial charge in [-0.15, -0.1) is 0 Å². The van der Waals surface area contributed by atoms with Gasteiger partial charge in [0.05, 0.1) is 47.6 Å². The van der Waals surface area contributed by atoms with Crippen LogP contribution >= 0.6 is 0 Å². The Balaban J connectivity index is 1.49. The number of oxazole rings is 1. The highest BCUT2D eigenvalue weighted by Crippen LogP contribution is 2.36. The number of halogens is 1. The number of ether oxygens (including phenoxy) is 1. The van der Waals surface area contributed by atoms with E-state index in [1.54, 1.807) is 18.3 Å². The highest BCUT2D eigenvalue weighted by Gasteiger charge is 2.28. The van der Waals surface area contributed by atoms with Crippen LogP contribution in [0.1, 0.15) is 27.5 Å². The van der Waals surface area contributed by atoms with Crippen molar-refractivity contribution < 1.29 is 18.3 Å². The molecule has 0 radical (unpaired) electrons. The molecule has 0 bridgehead atoms. The van der Waals surface area contributed by atoms with Gasteiger partial charge in [0.2, 0.25) is 5.89 Å². The van der Waals surface area contributed by atoms with Crippen LogP contribution in [0.3, 0.4) is 0 Å². The number of carbonyl (C=O) groups excluding carboxylic acids is 1. The van der Waals surface area contributed by atoms with Crippen molar-refractivity contribution in [3.05, 3.63) is 65.4 Å². The molecule has 9 nitrogen and oxygen atoms in total. The summed E-state index contributed by atoms with van der Waals surface area (Å²) in [5.41, 5.74) is 11.6. The smallest absolute Gasteiger partial charge is 0.254 e. The second-order valence-electron chi connectivity index (χ2n) is 9.80. The fourth-order valence-electron chi connectivity index (χ4n) is 5.36. The molecule has 1 amide bonds. The van der Waals surface area contributed by atoms with Gasteiger partial charge in [0, 0.05) is 31.1 Å². The van der Waals surface area contributed by atoms with Crippen LogP contribution in [0.5, 0.6) is 5.75 Å². The number of alkyl halides is 1. The number of methoxy groups -OCH3 is 1. The molecule has 5 aromatic rings. The first-order valence-corrected chi connectivity index (χ1v) is 12.6. The Morgan fingerprint density at radius 3 is 2.82 bits per heavy atom. The van der Waals surface area contributed by atoms with Gasteiger partial charge in [0.1, 0.15) is 18.7 Å². The van der Waals surface area contributed by atoms with Crippen molar-refractivity contribution in [2.24, 2.45) is 12.8 Å². The number of rotatable bonds is 7. The number of para-hydroxylation sites is 1. The zero-order chi connectivity index (χ0) is 26.6. The number of hydrogen-bond donors (Lipinski definition) is 1. The van der Waals surface area contributed by atoms with Crippen LogP contribution in [0.2, 0.25) is 0 Å². The second kappa shape index (κ2) is 9.29. The predicted molar refractivity (Wildman–Crippen MR) is 142 cm³/mol. The lowest BCUT2D eigenvalue weighted by atomic mass is 9.97. The van der Waals surface area contributed by atoms with E-state index in [1.165, 1.54) is 0 Å². The van der Waals surface area contributed by atoms with E-state index in [2.05, 4.69) is 15.6 Å². The van der Waals surface area contributed by atoms with Gasteiger partial charge in [0.15, 0.2) is 5.82 Å². The molecule has 196 valence electrons. The Morgan fingerprint density at radius 1 is 1.24 bits per heavy atom. The molecule has 0 aliphatic carbocycles. The van der Waals surface area contributed by atoms with Crippen LogP contribution in [0, 0.1) is 6.92 Å². The monoisotopic (exact) mass is 516 g/mol. The van der Waals surface area contributed by atoms with Crippen molar-refractivity contribution >= 4 is 27.8 Å². The topological polar surface area (TPSA) is 104 Å². The van der Waals surface area contributed by atoms with E-state index < -0.39 is 12.7 Å². The standard InChI is InChI=1S/C28H29FN6O3/c1-16-15-38-25(31-16)14-35-23(10-18-5-4-6-24(37-3)26(18)35)27-32-21-11-20-17(9-22(21)33(27)2)7-8-34(28(20)36)13-19(30)12-29/h4-6,9-11,15,19H,7-8,12-14,30H2,1-3H3/t19-/m1/s1. The number of benzene rings is 2. The molecule has 0 saturated carbocycles. The number of carbonyl (C=O) groups is 1. The summed E-state index contributed by atoms with van der Waals surface area (Å²) in [6.45, 7) is 2.34. The Labute approximate surface area is 218 Å². The lowest BCUT2D eigenvalue weighted by Gasteiger charge is -2.30. The molecule has 1 atom stereocenters.